The fourth-order valence-electron chi connectivity index (χ4n) is 2.74. The van der Waals surface area contributed by atoms with E-state index in [2.05, 4.69) is 5.32 Å². The number of carbonyl (C=O) groups is 3. The van der Waals surface area contributed by atoms with E-state index in [9.17, 15) is 14.4 Å². The van der Waals surface area contributed by atoms with Crippen molar-refractivity contribution in [3.8, 4) is 0 Å². The molecule has 2 N–H and O–H groups in total. The Bertz CT molecular complexity index is 363. The number of hydrogen-bond acceptors (Lipinski definition) is 4. The third-order valence-corrected chi connectivity index (χ3v) is 3.62. The average molecular weight is 254 g/mol. The normalized spacial score (nSPS) is 25.8. The first kappa shape index (κ1) is 13.0. The molecule has 0 radical (unpaired) electrons. The van der Waals surface area contributed by atoms with Gasteiger partial charge in [-0.3, -0.25) is 24.6 Å². The zero-order valence-corrected chi connectivity index (χ0v) is 10.2. The predicted molar refractivity (Wildman–Crippen MR) is 62.8 cm³/mol. The van der Waals surface area contributed by atoms with E-state index in [4.69, 9.17) is 5.11 Å². The van der Waals surface area contributed by atoms with Crippen LogP contribution in [0.2, 0.25) is 0 Å². The molecule has 0 spiro atoms. The standard InChI is InChI=1S/C12H18N2O4/c15-10-6-9(13-7-11(16)17)12(18)14(10)8-4-2-1-3-5-8/h8-9,13H,1-7H2,(H,16,17). The molecule has 0 aromatic heterocycles. The molecule has 2 rings (SSSR count). The highest BCUT2D eigenvalue weighted by atomic mass is 16.4. The molecule has 1 aliphatic carbocycles. The van der Waals surface area contributed by atoms with Crippen LogP contribution in [0.15, 0.2) is 0 Å². The van der Waals surface area contributed by atoms with Crippen LogP contribution in [0.1, 0.15) is 38.5 Å². The van der Waals surface area contributed by atoms with Gasteiger partial charge in [0.15, 0.2) is 0 Å². The predicted octanol–water partition coefficient (Wildman–Crippen LogP) is 0.121. The number of carboxylic acid groups (broad SMARTS) is 1. The van der Waals surface area contributed by atoms with Crippen LogP contribution in [0.5, 0.6) is 0 Å². The van der Waals surface area contributed by atoms with Gasteiger partial charge < -0.3 is 5.11 Å². The first-order valence-corrected chi connectivity index (χ1v) is 6.40. The highest BCUT2D eigenvalue weighted by molar-refractivity contribution is 6.06. The largest absolute Gasteiger partial charge is 0.480 e. The summed E-state index contributed by atoms with van der Waals surface area (Å²) >= 11 is 0. The van der Waals surface area contributed by atoms with Crippen LogP contribution in [0.4, 0.5) is 0 Å². The van der Waals surface area contributed by atoms with Crippen LogP contribution in [-0.4, -0.2) is 46.4 Å². The summed E-state index contributed by atoms with van der Waals surface area (Å²) in [4.78, 5) is 35.7. The summed E-state index contributed by atoms with van der Waals surface area (Å²) in [6, 6.07) is -0.633. The Hall–Kier alpha value is -1.43. The van der Waals surface area contributed by atoms with Gasteiger partial charge in [-0.15, -0.1) is 0 Å². The topological polar surface area (TPSA) is 86.7 Å². The highest BCUT2D eigenvalue weighted by Gasteiger charge is 2.42. The zero-order chi connectivity index (χ0) is 13.1. The van der Waals surface area contributed by atoms with Crippen molar-refractivity contribution >= 4 is 17.8 Å². The molecule has 1 saturated heterocycles. The first-order valence-electron chi connectivity index (χ1n) is 6.40. The highest BCUT2D eigenvalue weighted by Crippen LogP contribution is 2.27. The first-order chi connectivity index (χ1) is 8.59. The molecule has 1 saturated carbocycles. The van der Waals surface area contributed by atoms with E-state index in [-0.39, 0.29) is 30.8 Å². The number of carbonyl (C=O) groups excluding carboxylic acids is 2. The van der Waals surface area contributed by atoms with Gasteiger partial charge in [0.25, 0.3) is 0 Å². The molecule has 1 atom stereocenters. The molecule has 6 nitrogen and oxygen atoms in total. The summed E-state index contributed by atoms with van der Waals surface area (Å²) < 4.78 is 0. The van der Waals surface area contributed by atoms with Crippen LogP contribution < -0.4 is 5.32 Å². The third kappa shape index (κ3) is 2.69. The minimum Gasteiger partial charge on any atom is -0.480 e. The van der Waals surface area contributed by atoms with E-state index in [1.54, 1.807) is 0 Å². The minimum absolute atomic E-state index is 0.0235. The van der Waals surface area contributed by atoms with E-state index in [1.807, 2.05) is 0 Å². The second-order valence-corrected chi connectivity index (χ2v) is 4.93. The molecule has 2 amide bonds. The van der Waals surface area contributed by atoms with Gasteiger partial charge >= 0.3 is 5.97 Å². The Balaban J connectivity index is 1.97. The minimum atomic E-state index is -1.02. The van der Waals surface area contributed by atoms with E-state index < -0.39 is 12.0 Å². The maximum Gasteiger partial charge on any atom is 0.317 e. The smallest absolute Gasteiger partial charge is 0.317 e. The van der Waals surface area contributed by atoms with Gasteiger partial charge in [-0.25, -0.2) is 0 Å². The summed E-state index contributed by atoms with van der Waals surface area (Å²) in [6.07, 6.45) is 5.10. The Morgan fingerprint density at radius 2 is 1.94 bits per heavy atom. The van der Waals surface area contributed by atoms with Crippen molar-refractivity contribution < 1.29 is 19.5 Å². The number of aliphatic carboxylic acids is 1. The summed E-state index contributed by atoms with van der Waals surface area (Å²) in [5.41, 5.74) is 0. The van der Waals surface area contributed by atoms with E-state index in [0.717, 1.165) is 32.1 Å². The van der Waals surface area contributed by atoms with Gasteiger partial charge in [0.05, 0.1) is 19.0 Å². The van der Waals surface area contributed by atoms with Gasteiger partial charge in [-0.2, -0.15) is 0 Å². The number of rotatable bonds is 4. The van der Waals surface area contributed by atoms with Gasteiger partial charge in [0, 0.05) is 6.04 Å². The number of amides is 2. The van der Waals surface area contributed by atoms with E-state index in [0.29, 0.717) is 0 Å². The fraction of sp³-hybridized carbons (Fsp3) is 0.750. The summed E-state index contributed by atoms with van der Waals surface area (Å²) in [7, 11) is 0. The molecule has 6 heteroatoms. The fourth-order valence-corrected chi connectivity index (χ4v) is 2.74. The van der Waals surface area contributed by atoms with Gasteiger partial charge in [0.1, 0.15) is 0 Å². The van der Waals surface area contributed by atoms with Crippen LogP contribution in [-0.2, 0) is 14.4 Å². The monoisotopic (exact) mass is 254 g/mol. The number of imide groups is 1. The zero-order valence-electron chi connectivity index (χ0n) is 10.2. The van der Waals surface area contributed by atoms with Crippen molar-refractivity contribution in [2.75, 3.05) is 6.54 Å². The lowest BCUT2D eigenvalue weighted by atomic mass is 9.94. The Morgan fingerprint density at radius 1 is 1.28 bits per heavy atom. The lowest BCUT2D eigenvalue weighted by Gasteiger charge is -2.29. The molecule has 1 unspecified atom stereocenters. The van der Waals surface area contributed by atoms with Crippen LogP contribution in [0.3, 0.4) is 0 Å². The van der Waals surface area contributed by atoms with Crippen molar-refractivity contribution in [3.63, 3.8) is 0 Å². The number of carboxylic acids is 1. The second-order valence-electron chi connectivity index (χ2n) is 4.93. The Labute approximate surface area is 105 Å². The molecular weight excluding hydrogens is 236 g/mol. The summed E-state index contributed by atoms with van der Waals surface area (Å²) in [5.74, 6) is -1.45. The lowest BCUT2D eigenvalue weighted by Crippen LogP contribution is -2.45. The number of nitrogens with zero attached hydrogens (tertiary/aromatic N) is 1. The van der Waals surface area contributed by atoms with Crippen LogP contribution >= 0.6 is 0 Å². The van der Waals surface area contributed by atoms with E-state index in [1.165, 1.54) is 4.90 Å². The molecule has 18 heavy (non-hydrogen) atoms. The van der Waals surface area contributed by atoms with Crippen molar-refractivity contribution in [2.45, 2.75) is 50.6 Å². The number of hydrogen-bond donors (Lipinski definition) is 2. The van der Waals surface area contributed by atoms with Crippen molar-refractivity contribution in [1.82, 2.24) is 10.2 Å². The second kappa shape index (κ2) is 5.48. The van der Waals surface area contributed by atoms with Crippen molar-refractivity contribution in [2.24, 2.45) is 0 Å². The maximum absolute atomic E-state index is 12.1. The van der Waals surface area contributed by atoms with Crippen molar-refractivity contribution in [3.05, 3.63) is 0 Å². The summed E-state index contributed by atoms with van der Waals surface area (Å²) in [6.45, 7) is -0.289. The van der Waals surface area contributed by atoms with Gasteiger partial charge in [0.2, 0.25) is 11.8 Å². The van der Waals surface area contributed by atoms with Gasteiger partial charge in [-0.1, -0.05) is 19.3 Å². The quantitative estimate of drug-likeness (QED) is 0.696. The Kier molecular flexibility index (Phi) is 3.96. The lowest BCUT2D eigenvalue weighted by molar-refractivity contribution is -0.142. The number of nitrogens with one attached hydrogen (secondary N) is 1. The van der Waals surface area contributed by atoms with Crippen molar-refractivity contribution in [1.29, 1.82) is 0 Å². The molecule has 2 aliphatic rings. The summed E-state index contributed by atoms with van der Waals surface area (Å²) in [5, 5.41) is 11.2. The molecule has 2 fully saturated rings. The van der Waals surface area contributed by atoms with E-state index >= 15 is 0 Å². The molecule has 0 aromatic rings. The van der Waals surface area contributed by atoms with Gasteiger partial charge in [-0.05, 0) is 12.8 Å². The van der Waals surface area contributed by atoms with Crippen LogP contribution in [0, 0.1) is 0 Å². The molecule has 0 aromatic carbocycles. The molecule has 100 valence electrons. The SMILES string of the molecule is O=C(O)CNC1CC(=O)N(C2CCCCC2)C1=O. The Morgan fingerprint density at radius 3 is 2.56 bits per heavy atom. The molecular formula is C12H18N2O4. The molecule has 1 heterocycles. The average Bonchev–Trinajstić information content (AvgIpc) is 2.63. The third-order valence-electron chi connectivity index (χ3n) is 3.62. The van der Waals surface area contributed by atoms with Crippen LogP contribution in [0.25, 0.3) is 0 Å². The maximum atomic E-state index is 12.1. The molecule has 0 bridgehead atoms. The number of likely N-dealkylation sites (tertiary alicyclic amines) is 1. The molecule has 1 aliphatic heterocycles.